The first kappa shape index (κ1) is 23.2. The van der Waals surface area contributed by atoms with E-state index in [2.05, 4.69) is 50.9 Å². The van der Waals surface area contributed by atoms with Gasteiger partial charge in [-0.25, -0.2) is 0 Å². The second-order valence-corrected chi connectivity index (χ2v) is 9.65. The Kier molecular flexibility index (Phi) is 7.38. The molecule has 3 aromatic rings. The lowest BCUT2D eigenvalue weighted by Gasteiger charge is -2.36. The van der Waals surface area contributed by atoms with Gasteiger partial charge >= 0.3 is 0 Å². The van der Waals surface area contributed by atoms with Gasteiger partial charge in [0, 0.05) is 73.5 Å². The van der Waals surface area contributed by atoms with Crippen molar-refractivity contribution in [2.75, 3.05) is 57.4 Å². The Balaban J connectivity index is 1.19. The highest BCUT2D eigenvalue weighted by Gasteiger charge is 2.20. The highest BCUT2D eigenvalue weighted by molar-refractivity contribution is 6.30. The fraction of sp³-hybridized carbons (Fsp3) is 0.444. The van der Waals surface area contributed by atoms with Crippen LogP contribution in [-0.4, -0.2) is 72.8 Å². The fourth-order valence-electron chi connectivity index (χ4n) is 5.08. The predicted molar refractivity (Wildman–Crippen MR) is 138 cm³/mol. The van der Waals surface area contributed by atoms with Crippen molar-refractivity contribution < 1.29 is 9.53 Å². The van der Waals surface area contributed by atoms with Gasteiger partial charge in [0.15, 0.2) is 0 Å². The van der Waals surface area contributed by atoms with Gasteiger partial charge in [0.2, 0.25) is 5.91 Å². The van der Waals surface area contributed by atoms with Crippen LogP contribution in [0.1, 0.15) is 18.4 Å². The molecule has 180 valence electrons. The number of ether oxygens (including phenoxy) is 1. The Morgan fingerprint density at radius 1 is 0.941 bits per heavy atom. The number of carbonyl (C=O) groups is 1. The third-order valence-corrected chi connectivity index (χ3v) is 7.20. The van der Waals surface area contributed by atoms with Gasteiger partial charge in [0.05, 0.1) is 19.9 Å². The molecule has 0 N–H and O–H groups in total. The molecule has 2 aliphatic rings. The van der Waals surface area contributed by atoms with Gasteiger partial charge in [-0.2, -0.15) is 0 Å². The molecule has 0 bridgehead atoms. The summed E-state index contributed by atoms with van der Waals surface area (Å²) >= 11 is 6.18. The molecule has 6 nitrogen and oxygen atoms in total. The SMILES string of the molecule is O=C(CCCc1cn(CN2CCN(c3cccc(Cl)c3)CC2)c2ccccc12)N1CCOCC1. The summed E-state index contributed by atoms with van der Waals surface area (Å²) in [6, 6.07) is 16.8. The highest BCUT2D eigenvalue weighted by Crippen LogP contribution is 2.25. The van der Waals surface area contributed by atoms with E-state index in [4.69, 9.17) is 16.3 Å². The molecule has 2 aromatic carbocycles. The first-order valence-corrected chi connectivity index (χ1v) is 12.7. The third-order valence-electron chi connectivity index (χ3n) is 6.97. The average molecular weight is 481 g/mol. The Labute approximate surface area is 206 Å². The van der Waals surface area contributed by atoms with Crippen molar-refractivity contribution in [2.24, 2.45) is 0 Å². The van der Waals surface area contributed by atoms with Crippen LogP contribution in [0.5, 0.6) is 0 Å². The first-order valence-electron chi connectivity index (χ1n) is 12.3. The maximum absolute atomic E-state index is 12.5. The van der Waals surface area contributed by atoms with E-state index in [-0.39, 0.29) is 5.91 Å². The molecule has 2 fully saturated rings. The molecule has 0 radical (unpaired) electrons. The number of para-hydroxylation sites is 1. The molecule has 7 heteroatoms. The number of rotatable bonds is 7. The maximum atomic E-state index is 12.5. The molecule has 0 atom stereocenters. The summed E-state index contributed by atoms with van der Waals surface area (Å²) in [6.07, 6.45) is 4.70. The van der Waals surface area contributed by atoms with Crippen molar-refractivity contribution in [2.45, 2.75) is 25.9 Å². The molecular formula is C27H33ClN4O2. The van der Waals surface area contributed by atoms with Crippen molar-refractivity contribution in [3.8, 4) is 0 Å². The number of hydrogen-bond acceptors (Lipinski definition) is 4. The predicted octanol–water partition coefficient (Wildman–Crippen LogP) is 4.26. The molecular weight excluding hydrogens is 448 g/mol. The summed E-state index contributed by atoms with van der Waals surface area (Å²) < 4.78 is 7.74. The zero-order chi connectivity index (χ0) is 23.3. The number of amides is 1. The number of carbonyl (C=O) groups excluding carboxylic acids is 1. The van der Waals surface area contributed by atoms with Gasteiger partial charge in [0.1, 0.15) is 0 Å². The first-order chi connectivity index (χ1) is 16.7. The minimum Gasteiger partial charge on any atom is -0.378 e. The van der Waals surface area contributed by atoms with Crippen LogP contribution in [0.15, 0.2) is 54.7 Å². The molecule has 0 unspecified atom stereocenters. The summed E-state index contributed by atoms with van der Waals surface area (Å²) in [5.74, 6) is 0.254. The number of piperazine rings is 1. The van der Waals surface area contributed by atoms with Gasteiger partial charge in [-0.05, 0) is 42.7 Å². The average Bonchev–Trinajstić information content (AvgIpc) is 3.22. The van der Waals surface area contributed by atoms with Crippen molar-refractivity contribution in [3.05, 3.63) is 65.3 Å². The third kappa shape index (κ3) is 5.40. The number of aromatic nitrogens is 1. The number of halogens is 1. The van der Waals surface area contributed by atoms with E-state index >= 15 is 0 Å². The molecule has 0 spiro atoms. The van der Waals surface area contributed by atoms with Crippen molar-refractivity contribution in [1.82, 2.24) is 14.4 Å². The zero-order valence-corrected chi connectivity index (χ0v) is 20.4. The van der Waals surface area contributed by atoms with Gasteiger partial charge < -0.3 is 19.1 Å². The second kappa shape index (κ2) is 10.8. The summed E-state index contributed by atoms with van der Waals surface area (Å²) in [5.41, 5.74) is 3.81. The summed E-state index contributed by atoms with van der Waals surface area (Å²) in [4.78, 5) is 19.4. The summed E-state index contributed by atoms with van der Waals surface area (Å²) in [6.45, 7) is 7.68. The quantitative estimate of drug-likeness (QED) is 0.506. The molecule has 5 rings (SSSR count). The number of morpholine rings is 1. The summed E-state index contributed by atoms with van der Waals surface area (Å²) in [7, 11) is 0. The Morgan fingerprint density at radius 2 is 1.74 bits per heavy atom. The van der Waals surface area contributed by atoms with E-state index < -0.39 is 0 Å². The van der Waals surface area contributed by atoms with E-state index in [0.29, 0.717) is 19.6 Å². The molecule has 34 heavy (non-hydrogen) atoms. The smallest absolute Gasteiger partial charge is 0.222 e. The van der Waals surface area contributed by atoms with Crippen molar-refractivity contribution in [1.29, 1.82) is 0 Å². The van der Waals surface area contributed by atoms with E-state index in [0.717, 1.165) is 63.8 Å². The van der Waals surface area contributed by atoms with E-state index in [9.17, 15) is 4.79 Å². The monoisotopic (exact) mass is 480 g/mol. The Morgan fingerprint density at radius 3 is 2.53 bits per heavy atom. The van der Waals surface area contributed by atoms with Crippen molar-refractivity contribution in [3.63, 3.8) is 0 Å². The highest BCUT2D eigenvalue weighted by atomic mass is 35.5. The van der Waals surface area contributed by atoms with Gasteiger partial charge in [-0.3, -0.25) is 9.69 Å². The topological polar surface area (TPSA) is 41.0 Å². The number of aryl methyl sites for hydroxylation is 1. The minimum absolute atomic E-state index is 0.254. The lowest BCUT2D eigenvalue weighted by Crippen LogP contribution is -2.46. The molecule has 0 aliphatic carbocycles. The Hall–Kier alpha value is -2.54. The number of hydrogen-bond donors (Lipinski definition) is 0. The minimum atomic E-state index is 0.254. The van der Waals surface area contributed by atoms with Crippen LogP contribution in [0, 0.1) is 0 Å². The molecule has 2 saturated heterocycles. The van der Waals surface area contributed by atoms with Crippen molar-refractivity contribution >= 4 is 34.1 Å². The van der Waals surface area contributed by atoms with Crippen LogP contribution in [-0.2, 0) is 22.6 Å². The van der Waals surface area contributed by atoms with E-state index in [1.807, 2.05) is 23.1 Å². The van der Waals surface area contributed by atoms with Crippen LogP contribution in [0.2, 0.25) is 5.02 Å². The van der Waals surface area contributed by atoms with Gasteiger partial charge in [-0.1, -0.05) is 35.9 Å². The largest absolute Gasteiger partial charge is 0.378 e. The van der Waals surface area contributed by atoms with Crippen LogP contribution < -0.4 is 4.90 Å². The number of nitrogens with zero attached hydrogens (tertiary/aromatic N) is 4. The molecule has 1 amide bonds. The number of fused-ring (bicyclic) bond motifs is 1. The van der Waals surface area contributed by atoms with E-state index in [1.165, 1.54) is 22.2 Å². The normalized spacial score (nSPS) is 17.4. The van der Waals surface area contributed by atoms with Gasteiger partial charge in [0.25, 0.3) is 0 Å². The molecule has 2 aliphatic heterocycles. The van der Waals surface area contributed by atoms with E-state index in [1.54, 1.807) is 0 Å². The molecule has 0 saturated carbocycles. The second-order valence-electron chi connectivity index (χ2n) is 9.21. The fourth-order valence-corrected chi connectivity index (χ4v) is 5.26. The van der Waals surface area contributed by atoms with Crippen LogP contribution in [0.3, 0.4) is 0 Å². The van der Waals surface area contributed by atoms with Crippen LogP contribution in [0.4, 0.5) is 5.69 Å². The maximum Gasteiger partial charge on any atom is 0.222 e. The standard InChI is InChI=1S/C27H33ClN4O2/c28-23-6-4-7-24(19-23)30-13-11-29(12-14-30)21-32-20-22(25-8-1-2-9-26(25)32)5-3-10-27(33)31-15-17-34-18-16-31/h1-2,4,6-9,19-20H,3,5,10-18,21H2. The Bertz CT molecular complexity index is 1120. The molecule has 3 heterocycles. The lowest BCUT2D eigenvalue weighted by molar-refractivity contribution is -0.135. The number of benzene rings is 2. The summed E-state index contributed by atoms with van der Waals surface area (Å²) in [5, 5.41) is 2.09. The number of anilines is 1. The lowest BCUT2D eigenvalue weighted by atomic mass is 10.1. The zero-order valence-electron chi connectivity index (χ0n) is 19.7. The van der Waals surface area contributed by atoms with Gasteiger partial charge in [-0.15, -0.1) is 0 Å². The van der Waals surface area contributed by atoms with Crippen LogP contribution >= 0.6 is 11.6 Å². The van der Waals surface area contributed by atoms with Crippen LogP contribution in [0.25, 0.3) is 10.9 Å². The molecule has 1 aromatic heterocycles.